The SMILES string of the molecule is [2H]c1c([2H])c(-c2ccc3ccccc3c2)c([2H])c(N(c2ccccc2)c2ccc3c(c2)C(c2ccccc2)(c2ccccc2)c2ccccc2-3)c1[2H]. The zero-order valence-corrected chi connectivity index (χ0v) is 26.2. The highest BCUT2D eigenvalue weighted by Crippen LogP contribution is 2.57. The molecular formula is C47H33N. The number of benzene rings is 8. The molecule has 0 aromatic heterocycles. The Kier molecular flexibility index (Phi) is 5.79. The van der Waals surface area contributed by atoms with Gasteiger partial charge in [-0.05, 0) is 97.7 Å². The average Bonchev–Trinajstić information content (AvgIpc) is 3.50. The highest BCUT2D eigenvalue weighted by Gasteiger charge is 2.46. The van der Waals surface area contributed by atoms with E-state index in [4.69, 9.17) is 2.74 Å². The zero-order valence-electron chi connectivity index (χ0n) is 30.2. The van der Waals surface area contributed by atoms with Gasteiger partial charge in [-0.25, -0.2) is 0 Å². The fourth-order valence-electron chi connectivity index (χ4n) is 7.49. The zero-order chi connectivity index (χ0) is 35.4. The predicted molar refractivity (Wildman–Crippen MR) is 201 cm³/mol. The van der Waals surface area contributed by atoms with E-state index in [1.165, 1.54) is 5.56 Å². The van der Waals surface area contributed by atoms with E-state index in [-0.39, 0.29) is 29.9 Å². The summed E-state index contributed by atoms with van der Waals surface area (Å²) in [6.45, 7) is 0. The molecule has 1 aliphatic rings. The first-order valence-corrected chi connectivity index (χ1v) is 16.3. The molecule has 0 saturated heterocycles. The van der Waals surface area contributed by atoms with Crippen LogP contribution in [0.25, 0.3) is 33.0 Å². The second kappa shape index (κ2) is 11.6. The van der Waals surface area contributed by atoms with Gasteiger partial charge in [0.2, 0.25) is 0 Å². The third kappa shape index (κ3) is 4.47. The lowest BCUT2D eigenvalue weighted by Gasteiger charge is -2.35. The van der Waals surface area contributed by atoms with Crippen molar-refractivity contribution in [2.75, 3.05) is 4.90 Å². The molecule has 8 aromatic rings. The number of hydrogen-bond acceptors (Lipinski definition) is 1. The molecule has 0 bridgehead atoms. The molecule has 8 aromatic carbocycles. The summed E-state index contributed by atoms with van der Waals surface area (Å²) in [5.41, 5.74) is 9.01. The molecule has 0 atom stereocenters. The van der Waals surface area contributed by atoms with Gasteiger partial charge < -0.3 is 4.90 Å². The molecule has 0 N–H and O–H groups in total. The van der Waals surface area contributed by atoms with Crippen LogP contribution in [0.4, 0.5) is 17.1 Å². The van der Waals surface area contributed by atoms with Crippen molar-refractivity contribution in [3.05, 3.63) is 222 Å². The lowest BCUT2D eigenvalue weighted by Crippen LogP contribution is -2.28. The third-order valence-corrected chi connectivity index (χ3v) is 9.59. The van der Waals surface area contributed by atoms with E-state index in [0.717, 1.165) is 50.0 Å². The van der Waals surface area contributed by atoms with Crippen LogP contribution in [0.5, 0.6) is 0 Å². The molecule has 0 unspecified atom stereocenters. The topological polar surface area (TPSA) is 3.24 Å². The standard InChI is InChI=1S/C47H33N/c1-4-18-38(19-5-1)47(39-20-6-2-7-21-39)45-26-13-12-25-43(45)44-30-29-42(33-46(44)47)48(40-22-8-3-9-23-40)41-24-14-17-36(32-41)37-28-27-34-15-10-11-16-35(34)31-37/h1-33H/i14D,17D,24D,32D. The Hall–Kier alpha value is -6.18. The van der Waals surface area contributed by atoms with Gasteiger partial charge in [0.05, 0.1) is 10.9 Å². The van der Waals surface area contributed by atoms with Crippen LogP contribution in [-0.2, 0) is 5.41 Å². The number of para-hydroxylation sites is 1. The maximum absolute atomic E-state index is 9.74. The van der Waals surface area contributed by atoms with Crippen LogP contribution in [-0.4, -0.2) is 0 Å². The van der Waals surface area contributed by atoms with E-state index in [1.807, 2.05) is 89.8 Å². The summed E-state index contributed by atoms with van der Waals surface area (Å²) in [5, 5.41) is 2.04. The van der Waals surface area contributed by atoms with Gasteiger partial charge in [0.15, 0.2) is 0 Å². The number of anilines is 3. The summed E-state index contributed by atoms with van der Waals surface area (Å²) in [7, 11) is 0. The largest absolute Gasteiger partial charge is 0.310 e. The molecule has 9 rings (SSSR count). The van der Waals surface area contributed by atoms with Gasteiger partial charge in [0, 0.05) is 17.1 Å². The molecular weight excluding hydrogens is 579 g/mol. The molecule has 0 spiro atoms. The van der Waals surface area contributed by atoms with Gasteiger partial charge in [0.1, 0.15) is 0 Å². The molecule has 226 valence electrons. The molecule has 1 aliphatic carbocycles. The molecule has 0 heterocycles. The van der Waals surface area contributed by atoms with E-state index in [0.29, 0.717) is 11.1 Å². The Morgan fingerprint density at radius 2 is 1.04 bits per heavy atom. The maximum Gasteiger partial charge on any atom is 0.0714 e. The minimum atomic E-state index is -0.637. The van der Waals surface area contributed by atoms with Crippen LogP contribution in [0.2, 0.25) is 0 Å². The Bertz CT molecular complexity index is 2580. The molecule has 0 saturated carbocycles. The summed E-state index contributed by atoms with van der Waals surface area (Å²) in [6, 6.07) is 59.4. The molecule has 0 radical (unpaired) electrons. The average molecular weight is 616 g/mol. The van der Waals surface area contributed by atoms with E-state index >= 15 is 0 Å². The van der Waals surface area contributed by atoms with E-state index in [1.54, 1.807) is 0 Å². The first kappa shape index (κ1) is 24.1. The second-order valence-corrected chi connectivity index (χ2v) is 12.2. The molecule has 0 amide bonds. The van der Waals surface area contributed by atoms with Crippen molar-refractivity contribution in [1.82, 2.24) is 0 Å². The molecule has 1 nitrogen and oxygen atoms in total. The van der Waals surface area contributed by atoms with Crippen molar-refractivity contribution in [1.29, 1.82) is 0 Å². The van der Waals surface area contributed by atoms with Crippen LogP contribution >= 0.6 is 0 Å². The van der Waals surface area contributed by atoms with Gasteiger partial charge in [-0.1, -0.05) is 158 Å². The molecule has 48 heavy (non-hydrogen) atoms. The summed E-state index contributed by atoms with van der Waals surface area (Å²) in [5.74, 6) is 0. The van der Waals surface area contributed by atoms with Crippen molar-refractivity contribution < 1.29 is 5.48 Å². The van der Waals surface area contributed by atoms with Crippen molar-refractivity contribution in [3.63, 3.8) is 0 Å². The molecule has 1 heteroatoms. The van der Waals surface area contributed by atoms with Gasteiger partial charge >= 0.3 is 0 Å². The highest BCUT2D eigenvalue weighted by atomic mass is 15.1. The summed E-state index contributed by atoms with van der Waals surface area (Å²) in [6.07, 6.45) is 0. The Morgan fingerprint density at radius 1 is 0.417 bits per heavy atom. The number of hydrogen-bond donors (Lipinski definition) is 0. The number of nitrogens with zero attached hydrogens (tertiary/aromatic N) is 1. The fourth-order valence-corrected chi connectivity index (χ4v) is 7.49. The summed E-state index contributed by atoms with van der Waals surface area (Å²) >= 11 is 0. The van der Waals surface area contributed by atoms with Crippen LogP contribution < -0.4 is 4.90 Å². The van der Waals surface area contributed by atoms with Crippen LogP contribution in [0.15, 0.2) is 200 Å². The molecule has 0 aliphatic heterocycles. The van der Waals surface area contributed by atoms with Gasteiger partial charge in [-0.2, -0.15) is 0 Å². The normalized spacial score (nSPS) is 13.9. The Labute approximate surface area is 287 Å². The van der Waals surface area contributed by atoms with Gasteiger partial charge in [-0.3, -0.25) is 0 Å². The highest BCUT2D eigenvalue weighted by molar-refractivity contribution is 5.91. The van der Waals surface area contributed by atoms with Crippen molar-refractivity contribution >= 4 is 27.8 Å². The smallest absolute Gasteiger partial charge is 0.0714 e. The fraction of sp³-hybridized carbons (Fsp3) is 0.0213. The first-order valence-electron chi connectivity index (χ1n) is 18.3. The Morgan fingerprint density at radius 3 is 1.79 bits per heavy atom. The summed E-state index contributed by atoms with van der Waals surface area (Å²) < 4.78 is 37.2. The number of rotatable bonds is 6. The monoisotopic (exact) mass is 615 g/mol. The van der Waals surface area contributed by atoms with E-state index in [9.17, 15) is 2.74 Å². The minimum absolute atomic E-state index is 0.0336. The lowest BCUT2D eigenvalue weighted by molar-refractivity contribution is 0.768. The van der Waals surface area contributed by atoms with Crippen molar-refractivity contribution in [3.8, 4) is 22.3 Å². The van der Waals surface area contributed by atoms with Crippen LogP contribution in [0.1, 0.15) is 27.7 Å². The third-order valence-electron chi connectivity index (χ3n) is 9.59. The predicted octanol–water partition coefficient (Wildman–Crippen LogP) is 12.3. The van der Waals surface area contributed by atoms with Gasteiger partial charge in [0.25, 0.3) is 0 Å². The van der Waals surface area contributed by atoms with Gasteiger partial charge in [-0.15, -0.1) is 0 Å². The van der Waals surface area contributed by atoms with Crippen molar-refractivity contribution in [2.24, 2.45) is 0 Å². The minimum Gasteiger partial charge on any atom is -0.310 e. The van der Waals surface area contributed by atoms with Crippen LogP contribution in [0, 0.1) is 0 Å². The van der Waals surface area contributed by atoms with Crippen molar-refractivity contribution in [2.45, 2.75) is 5.41 Å². The number of fused-ring (bicyclic) bond motifs is 4. The lowest BCUT2D eigenvalue weighted by atomic mass is 9.67. The van der Waals surface area contributed by atoms with E-state index in [2.05, 4.69) is 91.0 Å². The first-order chi connectivity index (χ1) is 25.5. The van der Waals surface area contributed by atoms with E-state index < -0.39 is 5.41 Å². The molecule has 0 fully saturated rings. The Balaban J connectivity index is 1.34. The maximum atomic E-state index is 9.74. The second-order valence-electron chi connectivity index (χ2n) is 12.2. The quantitative estimate of drug-likeness (QED) is 0.180. The summed E-state index contributed by atoms with van der Waals surface area (Å²) in [4.78, 5) is 1.93. The van der Waals surface area contributed by atoms with Crippen LogP contribution in [0.3, 0.4) is 0 Å².